The lowest BCUT2D eigenvalue weighted by Gasteiger charge is -2.31. The normalized spacial score (nSPS) is 14.0. The molecule has 0 saturated heterocycles. The predicted octanol–water partition coefficient (Wildman–Crippen LogP) is 4.66. The van der Waals surface area contributed by atoms with Crippen LogP contribution in [-0.4, -0.2) is 12.5 Å². The van der Waals surface area contributed by atoms with E-state index >= 15 is 0 Å². The van der Waals surface area contributed by atoms with Gasteiger partial charge in [0.2, 0.25) is 0 Å². The molecule has 0 bridgehead atoms. The molecule has 0 aliphatic carbocycles. The van der Waals surface area contributed by atoms with Gasteiger partial charge in [0.25, 0.3) is 5.91 Å². The van der Waals surface area contributed by atoms with Gasteiger partial charge in [-0.2, -0.15) is 0 Å². The number of hydrogen-bond acceptors (Lipinski definition) is 1. The predicted molar refractivity (Wildman–Crippen MR) is 90.1 cm³/mol. The molecule has 2 aromatic rings. The van der Waals surface area contributed by atoms with E-state index in [9.17, 15) is 4.79 Å². The Bertz CT molecular complexity index is 708. The molecule has 0 atom stereocenters. The summed E-state index contributed by atoms with van der Waals surface area (Å²) in [6.45, 7) is 4.89. The molecule has 108 valence electrons. The number of anilines is 1. The first-order chi connectivity index (χ1) is 10.1. The summed E-state index contributed by atoms with van der Waals surface area (Å²) < 4.78 is 1.04. The lowest BCUT2D eigenvalue weighted by Crippen LogP contribution is -2.36. The fourth-order valence-corrected chi connectivity index (χ4v) is 3.23. The smallest absolute Gasteiger partial charge is 0.258 e. The Labute approximate surface area is 133 Å². The molecule has 1 amide bonds. The minimum Gasteiger partial charge on any atom is -0.308 e. The van der Waals surface area contributed by atoms with Crippen molar-refractivity contribution in [1.29, 1.82) is 0 Å². The summed E-state index contributed by atoms with van der Waals surface area (Å²) in [5.41, 5.74) is 5.40. The van der Waals surface area contributed by atoms with Gasteiger partial charge in [-0.05, 0) is 61.6 Å². The van der Waals surface area contributed by atoms with Gasteiger partial charge < -0.3 is 4.90 Å². The van der Waals surface area contributed by atoms with Crippen LogP contribution in [0, 0.1) is 13.8 Å². The van der Waals surface area contributed by atoms with E-state index in [1.165, 1.54) is 11.1 Å². The van der Waals surface area contributed by atoms with Gasteiger partial charge >= 0.3 is 0 Å². The first-order valence-corrected chi connectivity index (χ1v) is 8.04. The van der Waals surface area contributed by atoms with Crippen LogP contribution in [0.5, 0.6) is 0 Å². The molecule has 2 aromatic carbocycles. The van der Waals surface area contributed by atoms with Crippen LogP contribution in [-0.2, 0) is 6.42 Å². The zero-order chi connectivity index (χ0) is 15.0. The summed E-state index contributed by atoms with van der Waals surface area (Å²) in [5.74, 6) is 0.0980. The van der Waals surface area contributed by atoms with Crippen LogP contribution < -0.4 is 4.90 Å². The first kappa shape index (κ1) is 14.3. The molecule has 0 unspecified atom stereocenters. The number of para-hydroxylation sites is 1. The van der Waals surface area contributed by atoms with Gasteiger partial charge in [0, 0.05) is 16.6 Å². The molecule has 0 aromatic heterocycles. The molecule has 21 heavy (non-hydrogen) atoms. The molecule has 0 fully saturated rings. The van der Waals surface area contributed by atoms with Gasteiger partial charge in [0.15, 0.2) is 0 Å². The molecule has 1 aliphatic heterocycles. The van der Waals surface area contributed by atoms with Crippen LogP contribution >= 0.6 is 15.9 Å². The zero-order valence-corrected chi connectivity index (χ0v) is 13.9. The Morgan fingerprint density at radius 2 is 1.95 bits per heavy atom. The Hall–Kier alpha value is -1.61. The van der Waals surface area contributed by atoms with Crippen LogP contribution in [0.25, 0.3) is 0 Å². The van der Waals surface area contributed by atoms with Gasteiger partial charge in [-0.25, -0.2) is 0 Å². The Morgan fingerprint density at radius 1 is 1.14 bits per heavy atom. The number of benzene rings is 2. The van der Waals surface area contributed by atoms with Crippen molar-refractivity contribution in [3.8, 4) is 0 Å². The number of nitrogens with zero attached hydrogens (tertiary/aromatic N) is 1. The van der Waals surface area contributed by atoms with Crippen molar-refractivity contribution < 1.29 is 4.79 Å². The number of aryl methyl sites for hydroxylation is 3. The minimum atomic E-state index is 0.0980. The average Bonchev–Trinajstić information content (AvgIpc) is 2.49. The number of fused-ring (bicyclic) bond motifs is 1. The molecular formula is C18H18BrNO. The molecule has 0 N–H and O–H groups in total. The highest BCUT2D eigenvalue weighted by molar-refractivity contribution is 9.10. The third-order valence-corrected chi connectivity index (χ3v) is 4.96. The van der Waals surface area contributed by atoms with Crippen molar-refractivity contribution in [1.82, 2.24) is 0 Å². The molecule has 3 rings (SSSR count). The maximum absolute atomic E-state index is 12.9. The highest BCUT2D eigenvalue weighted by atomic mass is 79.9. The van der Waals surface area contributed by atoms with Crippen molar-refractivity contribution in [2.75, 3.05) is 11.4 Å². The maximum Gasteiger partial charge on any atom is 0.258 e. The second-order valence-electron chi connectivity index (χ2n) is 5.61. The first-order valence-electron chi connectivity index (χ1n) is 7.24. The molecule has 1 heterocycles. The van der Waals surface area contributed by atoms with E-state index in [2.05, 4.69) is 41.1 Å². The Balaban J connectivity index is 2.02. The Morgan fingerprint density at radius 3 is 2.71 bits per heavy atom. The minimum absolute atomic E-state index is 0.0980. The van der Waals surface area contributed by atoms with E-state index in [4.69, 9.17) is 0 Å². The van der Waals surface area contributed by atoms with E-state index in [0.29, 0.717) is 0 Å². The van der Waals surface area contributed by atoms with Gasteiger partial charge in [0.05, 0.1) is 5.69 Å². The number of hydrogen-bond donors (Lipinski definition) is 0. The van der Waals surface area contributed by atoms with Crippen molar-refractivity contribution >= 4 is 27.5 Å². The lowest BCUT2D eigenvalue weighted by molar-refractivity contribution is 0.0985. The van der Waals surface area contributed by atoms with Crippen LogP contribution in [0.1, 0.15) is 33.5 Å². The number of carbonyl (C=O) groups is 1. The average molecular weight is 344 g/mol. The largest absolute Gasteiger partial charge is 0.308 e. The SMILES string of the molecule is Cc1cc(C(=O)N2CCCc3cccc(C)c32)ccc1Br. The molecule has 0 saturated carbocycles. The monoisotopic (exact) mass is 343 g/mol. The third-order valence-electron chi connectivity index (χ3n) is 4.07. The van der Waals surface area contributed by atoms with E-state index in [-0.39, 0.29) is 5.91 Å². The van der Waals surface area contributed by atoms with E-state index < -0.39 is 0 Å². The van der Waals surface area contributed by atoms with E-state index in [0.717, 1.165) is 40.7 Å². The summed E-state index contributed by atoms with van der Waals surface area (Å²) in [4.78, 5) is 14.8. The summed E-state index contributed by atoms with van der Waals surface area (Å²) in [6.07, 6.45) is 2.08. The fraction of sp³-hybridized carbons (Fsp3) is 0.278. The van der Waals surface area contributed by atoms with Gasteiger partial charge in [-0.15, -0.1) is 0 Å². The quantitative estimate of drug-likeness (QED) is 0.737. The molecule has 0 spiro atoms. The summed E-state index contributed by atoms with van der Waals surface area (Å²) in [5, 5.41) is 0. The van der Waals surface area contributed by atoms with E-state index in [1.807, 2.05) is 30.0 Å². The van der Waals surface area contributed by atoms with Gasteiger partial charge in [0.1, 0.15) is 0 Å². The highest BCUT2D eigenvalue weighted by Crippen LogP contribution is 2.32. The molecular weight excluding hydrogens is 326 g/mol. The van der Waals surface area contributed by atoms with Crippen molar-refractivity contribution in [2.24, 2.45) is 0 Å². The molecule has 3 heteroatoms. The second-order valence-corrected chi connectivity index (χ2v) is 6.46. The van der Waals surface area contributed by atoms with Crippen molar-refractivity contribution in [3.63, 3.8) is 0 Å². The number of rotatable bonds is 1. The molecule has 0 radical (unpaired) electrons. The topological polar surface area (TPSA) is 20.3 Å². The zero-order valence-electron chi connectivity index (χ0n) is 12.3. The van der Waals surface area contributed by atoms with Crippen molar-refractivity contribution in [3.05, 3.63) is 63.1 Å². The number of halogens is 1. The number of amides is 1. The second kappa shape index (κ2) is 5.64. The lowest BCUT2D eigenvalue weighted by atomic mass is 9.97. The van der Waals surface area contributed by atoms with E-state index in [1.54, 1.807) is 0 Å². The summed E-state index contributed by atoms with van der Waals surface area (Å²) in [6, 6.07) is 12.1. The fourth-order valence-electron chi connectivity index (χ4n) is 2.98. The molecule has 1 aliphatic rings. The number of carbonyl (C=O) groups excluding carboxylic acids is 1. The summed E-state index contributed by atoms with van der Waals surface area (Å²) >= 11 is 3.49. The van der Waals surface area contributed by atoms with Crippen LogP contribution in [0.15, 0.2) is 40.9 Å². The highest BCUT2D eigenvalue weighted by Gasteiger charge is 2.25. The van der Waals surface area contributed by atoms with Gasteiger partial charge in [-0.3, -0.25) is 4.79 Å². The van der Waals surface area contributed by atoms with Gasteiger partial charge in [-0.1, -0.05) is 34.1 Å². The van der Waals surface area contributed by atoms with Crippen LogP contribution in [0.4, 0.5) is 5.69 Å². The summed E-state index contributed by atoms with van der Waals surface area (Å²) in [7, 11) is 0. The maximum atomic E-state index is 12.9. The van der Waals surface area contributed by atoms with Crippen LogP contribution in [0.2, 0.25) is 0 Å². The molecule has 2 nitrogen and oxygen atoms in total. The van der Waals surface area contributed by atoms with Crippen molar-refractivity contribution in [2.45, 2.75) is 26.7 Å². The third kappa shape index (κ3) is 2.62. The van der Waals surface area contributed by atoms with Crippen LogP contribution in [0.3, 0.4) is 0 Å². The Kier molecular flexibility index (Phi) is 3.85. The standard InChI is InChI=1S/C18H18BrNO/c1-12-5-3-6-14-7-4-10-20(17(12)14)18(21)15-8-9-16(19)13(2)11-15/h3,5-6,8-9,11H,4,7,10H2,1-2H3.